The van der Waals surface area contributed by atoms with E-state index in [1.54, 1.807) is 11.3 Å². The number of hydrogen-bond acceptors (Lipinski definition) is 5. The first kappa shape index (κ1) is 16.3. The van der Waals surface area contributed by atoms with Crippen molar-refractivity contribution in [3.63, 3.8) is 0 Å². The summed E-state index contributed by atoms with van der Waals surface area (Å²) in [6, 6.07) is 1.51. The summed E-state index contributed by atoms with van der Waals surface area (Å²) in [5.41, 5.74) is 1.43. The van der Waals surface area contributed by atoms with E-state index in [2.05, 4.69) is 29.4 Å². The lowest BCUT2D eigenvalue weighted by Crippen LogP contribution is -2.43. The number of hydrogen-bond donors (Lipinski definition) is 1. The number of thiophene rings is 1. The van der Waals surface area contributed by atoms with Crippen LogP contribution in [0.15, 0.2) is 5.38 Å². The molecule has 4 nitrogen and oxygen atoms in total. The Balaban J connectivity index is 1.59. The van der Waals surface area contributed by atoms with Crippen LogP contribution in [-0.2, 0) is 6.42 Å². The maximum atomic E-state index is 4.86. The van der Waals surface area contributed by atoms with Gasteiger partial charge in [0.1, 0.15) is 16.5 Å². The van der Waals surface area contributed by atoms with Crippen LogP contribution >= 0.6 is 11.3 Å². The van der Waals surface area contributed by atoms with Gasteiger partial charge in [-0.2, -0.15) is 0 Å². The molecule has 2 fully saturated rings. The largest absolute Gasteiger partial charge is 0.356 e. The lowest BCUT2D eigenvalue weighted by molar-refractivity contribution is 0.412. The van der Waals surface area contributed by atoms with Crippen molar-refractivity contribution < 1.29 is 0 Å². The average molecular weight is 345 g/mol. The van der Waals surface area contributed by atoms with Gasteiger partial charge in [-0.05, 0) is 55.9 Å². The van der Waals surface area contributed by atoms with Crippen LogP contribution < -0.4 is 10.2 Å². The van der Waals surface area contributed by atoms with Gasteiger partial charge in [-0.1, -0.05) is 13.8 Å². The molecule has 24 heavy (non-hydrogen) atoms. The molecule has 1 N–H and O–H groups in total. The molecular weight excluding hydrogens is 316 g/mol. The van der Waals surface area contributed by atoms with Gasteiger partial charge in [0.2, 0.25) is 0 Å². The van der Waals surface area contributed by atoms with Gasteiger partial charge in [0, 0.05) is 25.2 Å². The SMILES string of the molecule is Cc1nc(N2CCC(NC3CC3)CC2)c2c(CC(C)C)csc2n1. The molecule has 2 aliphatic rings. The van der Waals surface area contributed by atoms with E-state index in [1.165, 1.54) is 42.5 Å². The van der Waals surface area contributed by atoms with Gasteiger partial charge in [-0.25, -0.2) is 9.97 Å². The molecule has 0 amide bonds. The Kier molecular flexibility index (Phi) is 4.48. The summed E-state index contributed by atoms with van der Waals surface area (Å²) in [5.74, 6) is 2.73. The summed E-state index contributed by atoms with van der Waals surface area (Å²) in [4.78, 5) is 13.2. The Hall–Kier alpha value is -1.20. The smallest absolute Gasteiger partial charge is 0.141 e. The van der Waals surface area contributed by atoms with Gasteiger partial charge < -0.3 is 10.2 Å². The highest BCUT2D eigenvalue weighted by atomic mass is 32.1. The highest BCUT2D eigenvalue weighted by molar-refractivity contribution is 7.17. The molecule has 2 aromatic rings. The summed E-state index contributed by atoms with van der Waals surface area (Å²) in [6.45, 7) is 8.80. The molecule has 0 atom stereocenters. The molecule has 0 unspecified atom stereocenters. The molecule has 1 saturated heterocycles. The average Bonchev–Trinajstić information content (AvgIpc) is 3.27. The van der Waals surface area contributed by atoms with Crippen LogP contribution in [0.5, 0.6) is 0 Å². The predicted octanol–water partition coefficient (Wildman–Crippen LogP) is 3.92. The fourth-order valence-corrected chi connectivity index (χ4v) is 4.74. The third-order valence-corrected chi connectivity index (χ3v) is 5.99. The maximum absolute atomic E-state index is 4.86. The van der Waals surface area contributed by atoms with Crippen molar-refractivity contribution in [2.75, 3.05) is 18.0 Å². The number of rotatable bonds is 5. The topological polar surface area (TPSA) is 41.1 Å². The molecule has 1 saturated carbocycles. The molecule has 0 spiro atoms. The first-order valence-corrected chi connectivity index (χ1v) is 10.2. The first-order chi connectivity index (χ1) is 11.6. The second kappa shape index (κ2) is 6.60. The Bertz CT molecular complexity index is 711. The van der Waals surface area contributed by atoms with E-state index >= 15 is 0 Å². The number of aromatic nitrogens is 2. The van der Waals surface area contributed by atoms with Crippen LogP contribution in [0.2, 0.25) is 0 Å². The van der Waals surface area contributed by atoms with Gasteiger partial charge in [0.15, 0.2) is 0 Å². The fraction of sp³-hybridized carbons (Fsp3) is 0.684. The van der Waals surface area contributed by atoms with Crippen molar-refractivity contribution in [1.82, 2.24) is 15.3 Å². The molecule has 0 bridgehead atoms. The first-order valence-electron chi connectivity index (χ1n) is 9.36. The Morgan fingerprint density at radius 2 is 1.88 bits per heavy atom. The molecule has 3 heterocycles. The summed E-state index contributed by atoms with van der Waals surface area (Å²) in [7, 11) is 0. The zero-order valence-corrected chi connectivity index (χ0v) is 15.8. The molecule has 4 rings (SSSR count). The monoisotopic (exact) mass is 344 g/mol. The van der Waals surface area contributed by atoms with E-state index in [0.717, 1.165) is 36.2 Å². The fourth-order valence-electron chi connectivity index (χ4n) is 3.74. The number of nitrogens with zero attached hydrogens (tertiary/aromatic N) is 3. The minimum absolute atomic E-state index is 0.658. The summed E-state index contributed by atoms with van der Waals surface area (Å²) in [6.07, 6.45) is 6.31. The van der Waals surface area contributed by atoms with Crippen LogP contribution in [0.3, 0.4) is 0 Å². The van der Waals surface area contributed by atoms with E-state index in [9.17, 15) is 0 Å². The van der Waals surface area contributed by atoms with E-state index in [-0.39, 0.29) is 0 Å². The van der Waals surface area contributed by atoms with Gasteiger partial charge >= 0.3 is 0 Å². The van der Waals surface area contributed by atoms with Gasteiger partial charge in [-0.15, -0.1) is 11.3 Å². The van der Waals surface area contributed by atoms with Crippen LogP contribution in [0.1, 0.15) is 50.9 Å². The van der Waals surface area contributed by atoms with Crippen LogP contribution in [-0.4, -0.2) is 35.1 Å². The van der Waals surface area contributed by atoms with Crippen LogP contribution in [0.25, 0.3) is 10.2 Å². The lowest BCUT2D eigenvalue weighted by Gasteiger charge is -2.34. The van der Waals surface area contributed by atoms with Crippen molar-refractivity contribution >= 4 is 27.4 Å². The molecule has 0 aromatic carbocycles. The second-order valence-electron chi connectivity index (χ2n) is 7.84. The predicted molar refractivity (Wildman–Crippen MR) is 102 cm³/mol. The Labute approximate surface area is 148 Å². The molecular formula is C19H28N4S. The summed E-state index contributed by atoms with van der Waals surface area (Å²) in [5, 5.41) is 7.40. The number of fused-ring (bicyclic) bond motifs is 1. The quantitative estimate of drug-likeness (QED) is 0.892. The zero-order valence-electron chi connectivity index (χ0n) is 15.0. The maximum Gasteiger partial charge on any atom is 0.141 e. The van der Waals surface area contributed by atoms with Gasteiger partial charge in [0.25, 0.3) is 0 Å². The molecule has 1 aliphatic heterocycles. The highest BCUT2D eigenvalue weighted by Crippen LogP contribution is 2.35. The van der Waals surface area contributed by atoms with E-state index in [4.69, 9.17) is 9.97 Å². The zero-order chi connectivity index (χ0) is 16.7. The van der Waals surface area contributed by atoms with Gasteiger partial charge in [-0.3, -0.25) is 0 Å². The van der Waals surface area contributed by atoms with E-state index in [0.29, 0.717) is 12.0 Å². The molecule has 5 heteroatoms. The van der Waals surface area contributed by atoms with E-state index < -0.39 is 0 Å². The van der Waals surface area contributed by atoms with Crippen molar-refractivity contribution in [2.24, 2.45) is 5.92 Å². The molecule has 1 aliphatic carbocycles. The number of piperidine rings is 1. The number of nitrogens with one attached hydrogen (secondary N) is 1. The summed E-state index contributed by atoms with van der Waals surface area (Å²) >= 11 is 1.78. The Morgan fingerprint density at radius 1 is 1.17 bits per heavy atom. The van der Waals surface area contributed by atoms with Crippen LogP contribution in [0.4, 0.5) is 5.82 Å². The third kappa shape index (κ3) is 3.42. The van der Waals surface area contributed by atoms with Crippen LogP contribution in [0, 0.1) is 12.8 Å². The lowest BCUT2D eigenvalue weighted by atomic mass is 10.0. The highest BCUT2D eigenvalue weighted by Gasteiger charge is 2.28. The number of aryl methyl sites for hydroxylation is 1. The normalized spacial score (nSPS) is 19.6. The summed E-state index contributed by atoms with van der Waals surface area (Å²) < 4.78 is 0. The van der Waals surface area contributed by atoms with E-state index in [1.807, 2.05) is 6.92 Å². The second-order valence-corrected chi connectivity index (χ2v) is 8.69. The number of anilines is 1. The molecule has 0 radical (unpaired) electrons. The minimum atomic E-state index is 0.658. The van der Waals surface area contributed by atoms with Crippen molar-refractivity contribution in [3.8, 4) is 0 Å². The van der Waals surface area contributed by atoms with Crippen molar-refractivity contribution in [3.05, 3.63) is 16.8 Å². The Morgan fingerprint density at radius 3 is 2.54 bits per heavy atom. The van der Waals surface area contributed by atoms with Crippen molar-refractivity contribution in [2.45, 2.75) is 65.0 Å². The molecule has 130 valence electrons. The minimum Gasteiger partial charge on any atom is -0.356 e. The van der Waals surface area contributed by atoms with Crippen molar-refractivity contribution in [1.29, 1.82) is 0 Å². The van der Waals surface area contributed by atoms with Gasteiger partial charge in [0.05, 0.1) is 5.39 Å². The third-order valence-electron chi connectivity index (χ3n) is 5.07. The standard InChI is InChI=1S/C19H28N4S/c1-12(2)10-14-11-24-19-17(14)18(20-13(3)21-19)23-8-6-16(7-9-23)22-15-4-5-15/h11-12,15-16,22H,4-10H2,1-3H3. The molecule has 2 aromatic heterocycles.